The van der Waals surface area contributed by atoms with Crippen molar-refractivity contribution in [3.05, 3.63) is 34.6 Å². The summed E-state index contributed by atoms with van der Waals surface area (Å²) in [6, 6.07) is 3.44. The fourth-order valence-electron chi connectivity index (χ4n) is 1.16. The van der Waals surface area contributed by atoms with Crippen LogP contribution in [-0.4, -0.2) is 18.9 Å². The number of aldehydes is 1. The van der Waals surface area contributed by atoms with Gasteiger partial charge in [0.2, 0.25) is 0 Å². The lowest BCUT2D eigenvalue weighted by molar-refractivity contribution is 0.0523. The Morgan fingerprint density at radius 2 is 2.31 bits per heavy atom. The van der Waals surface area contributed by atoms with Gasteiger partial charge >= 0.3 is 5.97 Å². The fraction of sp³-hybridized carbons (Fsp3) is 0.182. The van der Waals surface area contributed by atoms with Crippen LogP contribution in [0.5, 0.6) is 0 Å². The second-order valence-electron chi connectivity index (χ2n) is 2.87. The van der Waals surface area contributed by atoms with E-state index in [-0.39, 0.29) is 23.3 Å². The van der Waals surface area contributed by atoms with E-state index in [1.54, 1.807) is 13.0 Å². The molecule has 0 saturated carbocycles. The summed E-state index contributed by atoms with van der Waals surface area (Å²) in [5, 5.41) is 8.55. The van der Waals surface area contributed by atoms with Crippen LogP contribution in [0, 0.1) is 17.1 Å². The van der Waals surface area contributed by atoms with Crippen molar-refractivity contribution in [2.75, 3.05) is 6.61 Å². The van der Waals surface area contributed by atoms with E-state index in [1.807, 2.05) is 0 Å². The number of nitrogens with zero attached hydrogens (tertiary/aromatic N) is 1. The monoisotopic (exact) mass is 221 g/mol. The van der Waals surface area contributed by atoms with Gasteiger partial charge in [-0.2, -0.15) is 5.26 Å². The molecule has 0 atom stereocenters. The second kappa shape index (κ2) is 5.03. The first kappa shape index (κ1) is 11.9. The Hall–Kier alpha value is -2.22. The van der Waals surface area contributed by atoms with Gasteiger partial charge in [0, 0.05) is 5.56 Å². The van der Waals surface area contributed by atoms with Gasteiger partial charge in [-0.3, -0.25) is 4.79 Å². The first-order chi connectivity index (χ1) is 7.63. The van der Waals surface area contributed by atoms with Crippen molar-refractivity contribution in [3.8, 4) is 6.07 Å². The minimum Gasteiger partial charge on any atom is -0.462 e. The number of hydrogen-bond acceptors (Lipinski definition) is 4. The lowest BCUT2D eigenvalue weighted by Gasteiger charge is -2.05. The van der Waals surface area contributed by atoms with Crippen LogP contribution in [0.4, 0.5) is 4.39 Å². The highest BCUT2D eigenvalue weighted by atomic mass is 19.1. The van der Waals surface area contributed by atoms with Crippen LogP contribution in [0.1, 0.15) is 33.2 Å². The van der Waals surface area contributed by atoms with Gasteiger partial charge in [0.25, 0.3) is 0 Å². The molecule has 0 aliphatic rings. The van der Waals surface area contributed by atoms with Crippen LogP contribution in [0.3, 0.4) is 0 Å². The number of halogens is 1. The van der Waals surface area contributed by atoms with Crippen molar-refractivity contribution in [2.24, 2.45) is 0 Å². The van der Waals surface area contributed by atoms with E-state index in [0.29, 0.717) is 6.29 Å². The van der Waals surface area contributed by atoms with Crippen LogP contribution >= 0.6 is 0 Å². The standard InChI is InChI=1S/C11H8FNO3/c1-2-16-11(15)9-4-10(12)7(5-13)3-8(9)6-14/h3-4,6H,2H2,1H3. The van der Waals surface area contributed by atoms with E-state index in [9.17, 15) is 14.0 Å². The van der Waals surface area contributed by atoms with E-state index in [1.165, 1.54) is 0 Å². The van der Waals surface area contributed by atoms with Gasteiger partial charge in [0.1, 0.15) is 11.9 Å². The topological polar surface area (TPSA) is 67.2 Å². The Morgan fingerprint density at radius 3 is 2.81 bits per heavy atom. The Bertz CT molecular complexity index is 477. The second-order valence-corrected chi connectivity index (χ2v) is 2.87. The molecule has 0 radical (unpaired) electrons. The summed E-state index contributed by atoms with van der Waals surface area (Å²) in [5.41, 5.74) is -0.514. The van der Waals surface area contributed by atoms with Gasteiger partial charge < -0.3 is 4.74 Å². The molecule has 0 N–H and O–H groups in total. The van der Waals surface area contributed by atoms with Crippen molar-refractivity contribution in [2.45, 2.75) is 6.92 Å². The molecule has 0 aliphatic carbocycles. The number of rotatable bonds is 3. The Balaban J connectivity index is 3.29. The molecule has 0 bridgehead atoms. The average Bonchev–Trinajstić information content (AvgIpc) is 2.29. The van der Waals surface area contributed by atoms with Crippen LogP contribution in [-0.2, 0) is 4.74 Å². The van der Waals surface area contributed by atoms with E-state index in [4.69, 9.17) is 5.26 Å². The highest BCUT2D eigenvalue weighted by molar-refractivity contribution is 5.98. The molecule has 0 spiro atoms. The lowest BCUT2D eigenvalue weighted by Crippen LogP contribution is -2.09. The number of hydrogen-bond donors (Lipinski definition) is 0. The molecule has 5 heteroatoms. The third-order valence-corrected chi connectivity index (χ3v) is 1.88. The van der Waals surface area contributed by atoms with Gasteiger partial charge in [-0.15, -0.1) is 0 Å². The van der Waals surface area contributed by atoms with E-state index >= 15 is 0 Å². The first-order valence-electron chi connectivity index (χ1n) is 4.50. The van der Waals surface area contributed by atoms with Gasteiger partial charge in [-0.05, 0) is 19.1 Å². The van der Waals surface area contributed by atoms with Crippen LogP contribution in [0.15, 0.2) is 12.1 Å². The van der Waals surface area contributed by atoms with E-state index in [2.05, 4.69) is 4.74 Å². The van der Waals surface area contributed by atoms with Crippen molar-refractivity contribution in [1.29, 1.82) is 5.26 Å². The van der Waals surface area contributed by atoms with Crippen molar-refractivity contribution < 1.29 is 18.7 Å². The van der Waals surface area contributed by atoms with Crippen molar-refractivity contribution in [1.82, 2.24) is 0 Å². The molecule has 0 aromatic heterocycles. The molecule has 1 rings (SSSR count). The molecule has 4 nitrogen and oxygen atoms in total. The quantitative estimate of drug-likeness (QED) is 0.575. The maximum atomic E-state index is 13.2. The summed E-state index contributed by atoms with van der Waals surface area (Å²) >= 11 is 0. The maximum Gasteiger partial charge on any atom is 0.338 e. The molecule has 0 saturated heterocycles. The Labute approximate surface area is 91.3 Å². The Morgan fingerprint density at radius 1 is 1.62 bits per heavy atom. The number of esters is 1. The zero-order chi connectivity index (χ0) is 12.1. The van der Waals surface area contributed by atoms with Crippen LogP contribution in [0.25, 0.3) is 0 Å². The zero-order valence-electron chi connectivity index (χ0n) is 8.49. The van der Waals surface area contributed by atoms with E-state index < -0.39 is 11.8 Å². The highest BCUT2D eigenvalue weighted by Crippen LogP contribution is 2.15. The summed E-state index contributed by atoms with van der Waals surface area (Å²) in [7, 11) is 0. The highest BCUT2D eigenvalue weighted by Gasteiger charge is 2.16. The van der Waals surface area contributed by atoms with Crippen LogP contribution in [0.2, 0.25) is 0 Å². The van der Waals surface area contributed by atoms with Gasteiger partial charge in [-0.1, -0.05) is 0 Å². The molecule has 0 amide bonds. The summed E-state index contributed by atoms with van der Waals surface area (Å²) in [6.45, 7) is 1.72. The largest absolute Gasteiger partial charge is 0.462 e. The molecule has 0 unspecified atom stereocenters. The Kier molecular flexibility index (Phi) is 3.72. The third-order valence-electron chi connectivity index (χ3n) is 1.88. The van der Waals surface area contributed by atoms with Gasteiger partial charge in [-0.25, -0.2) is 9.18 Å². The number of ether oxygens (including phenoxy) is 1. The molecule has 16 heavy (non-hydrogen) atoms. The predicted molar refractivity (Wildman–Crippen MR) is 52.5 cm³/mol. The molecule has 0 fully saturated rings. The number of nitriles is 1. The van der Waals surface area contributed by atoms with Crippen molar-refractivity contribution in [3.63, 3.8) is 0 Å². The molecule has 0 heterocycles. The minimum absolute atomic E-state index is 0.0589. The number of carbonyl (C=O) groups excluding carboxylic acids is 2. The summed E-state index contributed by atoms with van der Waals surface area (Å²) in [4.78, 5) is 22.0. The maximum absolute atomic E-state index is 13.2. The summed E-state index contributed by atoms with van der Waals surface area (Å²) < 4.78 is 17.9. The summed E-state index contributed by atoms with van der Waals surface area (Å²) in [5.74, 6) is -1.64. The molecule has 0 aliphatic heterocycles. The normalized spacial score (nSPS) is 9.31. The molecular formula is C11H8FNO3. The zero-order valence-corrected chi connectivity index (χ0v) is 8.49. The number of carbonyl (C=O) groups is 2. The lowest BCUT2D eigenvalue weighted by atomic mass is 10.0. The third kappa shape index (κ3) is 2.23. The molecule has 1 aromatic carbocycles. The fourth-order valence-corrected chi connectivity index (χ4v) is 1.16. The molecular weight excluding hydrogens is 213 g/mol. The van der Waals surface area contributed by atoms with E-state index in [0.717, 1.165) is 12.1 Å². The minimum atomic E-state index is -0.851. The first-order valence-corrected chi connectivity index (χ1v) is 4.50. The van der Waals surface area contributed by atoms with Gasteiger partial charge in [0.05, 0.1) is 17.7 Å². The molecule has 1 aromatic rings. The predicted octanol–water partition coefficient (Wildman–Crippen LogP) is 1.69. The van der Waals surface area contributed by atoms with Crippen LogP contribution < -0.4 is 0 Å². The molecule has 82 valence electrons. The van der Waals surface area contributed by atoms with Gasteiger partial charge in [0.15, 0.2) is 6.29 Å². The number of benzene rings is 1. The summed E-state index contributed by atoms with van der Waals surface area (Å²) in [6.07, 6.45) is 0.381. The smallest absolute Gasteiger partial charge is 0.338 e. The SMILES string of the molecule is CCOC(=O)c1cc(F)c(C#N)cc1C=O. The average molecular weight is 221 g/mol. The van der Waals surface area contributed by atoms with Crippen molar-refractivity contribution >= 4 is 12.3 Å².